The van der Waals surface area contributed by atoms with Gasteiger partial charge in [0.15, 0.2) is 5.82 Å². The van der Waals surface area contributed by atoms with Crippen LogP contribution in [0, 0.1) is 0 Å². The lowest BCUT2D eigenvalue weighted by atomic mass is 9.95. The number of hydrogen-bond acceptors (Lipinski definition) is 5. The largest absolute Gasteiger partial charge is 0.243 e. The molecule has 2 aliphatic carbocycles. The van der Waals surface area contributed by atoms with Gasteiger partial charge >= 0.3 is 0 Å². The Morgan fingerprint density at radius 2 is 1.68 bits per heavy atom. The Labute approximate surface area is 135 Å². The summed E-state index contributed by atoms with van der Waals surface area (Å²) in [6.07, 6.45) is 2.78. The lowest BCUT2D eigenvalue weighted by Crippen LogP contribution is -2.37. The average Bonchev–Trinajstić information content (AvgIpc) is 2.97. The fourth-order valence-corrected chi connectivity index (χ4v) is 3.34. The molecule has 1 fully saturated rings. The van der Waals surface area contributed by atoms with Gasteiger partial charge in [-0.1, -0.05) is 24.3 Å². The molecular formula is C13H18ClN5O2S. The van der Waals surface area contributed by atoms with E-state index in [9.17, 15) is 8.42 Å². The zero-order valence-electron chi connectivity index (χ0n) is 12.1. The molecule has 0 unspecified atom stereocenters. The van der Waals surface area contributed by atoms with Crippen molar-refractivity contribution < 1.29 is 8.42 Å². The van der Waals surface area contributed by atoms with Crippen molar-refractivity contribution in [1.29, 1.82) is 0 Å². The van der Waals surface area contributed by atoms with Crippen LogP contribution in [0.15, 0.2) is 24.3 Å². The van der Waals surface area contributed by atoms with Gasteiger partial charge in [0.25, 0.3) is 0 Å². The molecule has 3 aliphatic rings. The second kappa shape index (κ2) is 6.72. The Morgan fingerprint density at radius 3 is 2.00 bits per heavy atom. The maximum absolute atomic E-state index is 11.3. The van der Waals surface area contributed by atoms with E-state index in [1.54, 1.807) is 0 Å². The number of tetrazole rings is 1. The highest BCUT2D eigenvalue weighted by molar-refractivity contribution is 7.88. The Kier molecular flexibility index (Phi) is 5.15. The summed E-state index contributed by atoms with van der Waals surface area (Å²) < 4.78 is 24.0. The van der Waals surface area contributed by atoms with E-state index in [1.165, 1.54) is 21.7 Å². The molecule has 1 aliphatic heterocycles. The van der Waals surface area contributed by atoms with Crippen LogP contribution in [0.5, 0.6) is 0 Å². The number of nitrogens with zero attached hydrogens (tertiary/aromatic N) is 4. The van der Waals surface area contributed by atoms with E-state index in [-0.39, 0.29) is 18.3 Å². The summed E-state index contributed by atoms with van der Waals surface area (Å²) in [6, 6.07) is 8.48. The van der Waals surface area contributed by atoms with E-state index in [1.807, 2.05) is 0 Å². The molecule has 0 aromatic carbocycles. The van der Waals surface area contributed by atoms with Crippen molar-refractivity contribution >= 4 is 22.4 Å². The molecule has 0 bridgehead atoms. The van der Waals surface area contributed by atoms with Gasteiger partial charge in [0.05, 0.1) is 6.26 Å². The van der Waals surface area contributed by atoms with Crippen LogP contribution in [0.4, 0.5) is 0 Å². The van der Waals surface area contributed by atoms with Crippen molar-refractivity contribution in [2.45, 2.75) is 18.8 Å². The van der Waals surface area contributed by atoms with Crippen LogP contribution >= 0.6 is 12.4 Å². The van der Waals surface area contributed by atoms with Crippen molar-refractivity contribution in [1.82, 2.24) is 24.9 Å². The van der Waals surface area contributed by atoms with Gasteiger partial charge in [0.2, 0.25) is 10.0 Å². The topological polar surface area (TPSA) is 91.8 Å². The van der Waals surface area contributed by atoms with Crippen molar-refractivity contribution in [2.75, 3.05) is 19.3 Å². The van der Waals surface area contributed by atoms with Crippen LogP contribution < -0.4 is 0 Å². The highest BCUT2D eigenvalue weighted by atomic mass is 35.5. The first kappa shape index (κ1) is 16.9. The number of sulfonamides is 1. The second-order valence-electron chi connectivity index (χ2n) is 5.30. The van der Waals surface area contributed by atoms with Crippen LogP contribution in [0.3, 0.4) is 0 Å². The SMILES string of the molecule is CS(=O)(=O)N1CCC(c2nnn[nH]2)CC1.Cl.c1cc2ccc1-2. The molecule has 2 heterocycles. The molecule has 22 heavy (non-hydrogen) atoms. The molecule has 1 saturated heterocycles. The number of rotatable bonds is 2. The Bertz CT molecular complexity index is 674. The molecule has 0 amide bonds. The minimum Gasteiger partial charge on any atom is -0.243 e. The molecule has 4 rings (SSSR count). The van der Waals surface area contributed by atoms with Gasteiger partial charge in [-0.25, -0.2) is 17.8 Å². The highest BCUT2D eigenvalue weighted by Gasteiger charge is 2.27. The molecule has 120 valence electrons. The van der Waals surface area contributed by atoms with Crippen LogP contribution in [0.1, 0.15) is 24.6 Å². The van der Waals surface area contributed by atoms with Crippen LogP contribution in [0.2, 0.25) is 0 Å². The third-order valence-corrected chi connectivity index (χ3v) is 5.19. The van der Waals surface area contributed by atoms with Gasteiger partial charge in [-0.2, -0.15) is 0 Å². The van der Waals surface area contributed by atoms with Crippen molar-refractivity contribution in [2.24, 2.45) is 0 Å². The number of hydrogen-bond donors (Lipinski definition) is 1. The van der Waals surface area contributed by atoms with Gasteiger partial charge < -0.3 is 0 Å². The molecule has 1 aromatic rings. The average molecular weight is 344 g/mol. The predicted molar refractivity (Wildman–Crippen MR) is 85.3 cm³/mol. The first-order chi connectivity index (χ1) is 10.0. The number of aromatic amines is 1. The summed E-state index contributed by atoms with van der Waals surface area (Å²) in [5.41, 5.74) is 2.85. The first-order valence-electron chi connectivity index (χ1n) is 6.83. The van der Waals surface area contributed by atoms with E-state index >= 15 is 0 Å². The molecule has 0 atom stereocenters. The predicted octanol–water partition coefficient (Wildman–Crippen LogP) is 1.43. The van der Waals surface area contributed by atoms with Crippen LogP contribution in [-0.4, -0.2) is 52.7 Å². The van der Waals surface area contributed by atoms with Gasteiger partial charge in [0.1, 0.15) is 0 Å². The molecule has 1 aromatic heterocycles. The summed E-state index contributed by atoms with van der Waals surface area (Å²) in [5.74, 6) is 1.00. The number of H-pyrrole nitrogens is 1. The number of aromatic nitrogens is 4. The second-order valence-corrected chi connectivity index (χ2v) is 7.28. The highest BCUT2D eigenvalue weighted by Crippen LogP contribution is 2.29. The quantitative estimate of drug-likeness (QED) is 0.759. The van der Waals surface area contributed by atoms with Crippen LogP contribution in [0.25, 0.3) is 11.1 Å². The third-order valence-electron chi connectivity index (χ3n) is 3.89. The van der Waals surface area contributed by atoms with Gasteiger partial charge in [-0.3, -0.25) is 0 Å². The van der Waals surface area contributed by atoms with Crippen molar-refractivity contribution in [3.05, 3.63) is 30.1 Å². The number of fused-ring (bicyclic) bond motifs is 1. The maximum atomic E-state index is 11.3. The van der Waals surface area contributed by atoms with Gasteiger partial charge in [-0.15, -0.1) is 17.5 Å². The number of piperidine rings is 1. The number of nitrogens with one attached hydrogen (secondary N) is 1. The first-order valence-corrected chi connectivity index (χ1v) is 8.68. The normalized spacial score (nSPS) is 17.1. The molecule has 7 nitrogen and oxygen atoms in total. The lowest BCUT2D eigenvalue weighted by molar-refractivity contribution is 0.315. The summed E-state index contributed by atoms with van der Waals surface area (Å²) in [7, 11) is -3.05. The summed E-state index contributed by atoms with van der Waals surface area (Å²) in [6.45, 7) is 1.09. The van der Waals surface area contributed by atoms with E-state index < -0.39 is 10.0 Å². The van der Waals surface area contributed by atoms with E-state index in [0.717, 1.165) is 18.7 Å². The zero-order chi connectivity index (χ0) is 14.9. The monoisotopic (exact) mass is 343 g/mol. The van der Waals surface area contributed by atoms with Gasteiger partial charge in [-0.05, 0) is 34.4 Å². The van der Waals surface area contributed by atoms with Gasteiger partial charge in [0, 0.05) is 19.0 Å². The fourth-order valence-electron chi connectivity index (χ4n) is 2.46. The van der Waals surface area contributed by atoms with Crippen molar-refractivity contribution in [3.63, 3.8) is 0 Å². The van der Waals surface area contributed by atoms with E-state index in [2.05, 4.69) is 44.9 Å². The molecule has 0 spiro atoms. The smallest absolute Gasteiger partial charge is 0.211 e. The van der Waals surface area contributed by atoms with Crippen LogP contribution in [-0.2, 0) is 10.0 Å². The van der Waals surface area contributed by atoms with Crippen molar-refractivity contribution in [3.8, 4) is 11.1 Å². The zero-order valence-corrected chi connectivity index (χ0v) is 13.8. The Morgan fingerprint density at radius 1 is 1.14 bits per heavy atom. The standard InChI is InChI=1S/C7H13N5O2S.C6H4.ClH/c1-15(13,14)12-4-2-6(3-5-12)7-8-10-11-9-7;1-2-6-4-3-5(1)6;/h6H,2-5H2,1H3,(H,8,9,10,11);1-4H;1H. The number of benzene rings is 1. The minimum atomic E-state index is -3.05. The maximum Gasteiger partial charge on any atom is 0.211 e. The molecular weight excluding hydrogens is 326 g/mol. The third kappa shape index (κ3) is 3.63. The Balaban J connectivity index is 0.000000209. The summed E-state index contributed by atoms with van der Waals surface area (Å²) >= 11 is 0. The Hall–Kier alpha value is -1.51. The molecule has 9 heteroatoms. The fraction of sp³-hybridized carbons (Fsp3) is 0.462. The minimum absolute atomic E-state index is 0. The summed E-state index contributed by atoms with van der Waals surface area (Å²) in [5, 5.41) is 13.6. The molecule has 0 radical (unpaired) electrons. The molecule has 0 saturated carbocycles. The summed E-state index contributed by atoms with van der Waals surface area (Å²) in [4.78, 5) is 0. The van der Waals surface area contributed by atoms with E-state index in [4.69, 9.17) is 0 Å². The van der Waals surface area contributed by atoms with E-state index in [0.29, 0.717) is 13.1 Å². The number of halogens is 1. The lowest BCUT2D eigenvalue weighted by Gasteiger charge is -2.28. The molecule has 1 N–H and O–H groups in total.